The number of hydrogen-bond donors (Lipinski definition) is 1. The van der Waals surface area contributed by atoms with Crippen molar-refractivity contribution in [3.05, 3.63) is 18.3 Å². The lowest BCUT2D eigenvalue weighted by Crippen LogP contribution is -1.75. The highest BCUT2D eigenvalue weighted by atomic mass is 32.2. The second-order valence-electron chi connectivity index (χ2n) is 1.56. The van der Waals surface area contributed by atoms with Crippen LogP contribution in [0.4, 0.5) is 0 Å². The zero-order chi connectivity index (χ0) is 6.69. The highest BCUT2D eigenvalue weighted by Gasteiger charge is 1.87. The van der Waals surface area contributed by atoms with Gasteiger partial charge in [0.15, 0.2) is 0 Å². The number of hydrogen-bond acceptors (Lipinski definition) is 3. The summed E-state index contributed by atoms with van der Waals surface area (Å²) in [6.07, 6.45) is 3.75. The van der Waals surface area contributed by atoms with Crippen LogP contribution in [0.15, 0.2) is 28.3 Å². The molecule has 0 N–H and O–H groups in total. The number of aromatic nitrogens is 1. The summed E-state index contributed by atoms with van der Waals surface area (Å²) in [5.74, 6) is 0. The quantitative estimate of drug-likeness (QED) is 0.495. The van der Waals surface area contributed by atoms with Crippen molar-refractivity contribution in [1.82, 2.24) is 4.98 Å². The van der Waals surface area contributed by atoms with Crippen LogP contribution in [0.5, 0.6) is 0 Å². The molecule has 0 fully saturated rings. The van der Waals surface area contributed by atoms with Crippen LogP contribution in [-0.2, 0) is 0 Å². The molecule has 1 aromatic rings. The first kappa shape index (κ1) is 6.96. The molecule has 0 saturated carbocycles. The van der Waals surface area contributed by atoms with E-state index in [0.29, 0.717) is 0 Å². The van der Waals surface area contributed by atoms with Gasteiger partial charge in [0.05, 0.1) is 5.03 Å². The SMILES string of the molecule is CSc1ccc(S)cn1. The van der Waals surface area contributed by atoms with E-state index in [1.54, 1.807) is 18.0 Å². The Bertz CT molecular complexity index is 183. The third-order valence-electron chi connectivity index (χ3n) is 0.930. The molecular weight excluding hydrogens is 150 g/mol. The lowest BCUT2D eigenvalue weighted by molar-refractivity contribution is 1.09. The average Bonchev–Trinajstić information content (AvgIpc) is 1.90. The van der Waals surface area contributed by atoms with Crippen LogP contribution < -0.4 is 0 Å². The predicted octanol–water partition coefficient (Wildman–Crippen LogP) is 2.09. The Labute approximate surface area is 64.3 Å². The Morgan fingerprint density at radius 1 is 1.56 bits per heavy atom. The molecule has 1 aromatic heterocycles. The molecule has 1 nitrogen and oxygen atoms in total. The van der Waals surface area contributed by atoms with Crippen molar-refractivity contribution in [2.75, 3.05) is 6.26 Å². The highest BCUT2D eigenvalue weighted by Crippen LogP contribution is 2.12. The molecule has 1 rings (SSSR count). The minimum atomic E-state index is 0.910. The zero-order valence-corrected chi connectivity index (χ0v) is 6.75. The molecule has 9 heavy (non-hydrogen) atoms. The number of thioether (sulfide) groups is 1. The Kier molecular flexibility index (Phi) is 2.42. The van der Waals surface area contributed by atoms with E-state index in [1.165, 1.54) is 0 Å². The van der Waals surface area contributed by atoms with Gasteiger partial charge in [-0.1, -0.05) is 0 Å². The van der Waals surface area contributed by atoms with Crippen LogP contribution in [0.2, 0.25) is 0 Å². The van der Waals surface area contributed by atoms with Gasteiger partial charge in [-0.2, -0.15) is 0 Å². The van der Waals surface area contributed by atoms with Gasteiger partial charge in [-0.05, 0) is 18.4 Å². The molecule has 0 aliphatic rings. The molecule has 0 radical (unpaired) electrons. The van der Waals surface area contributed by atoms with E-state index in [2.05, 4.69) is 17.6 Å². The van der Waals surface area contributed by atoms with Gasteiger partial charge in [-0.25, -0.2) is 4.98 Å². The van der Waals surface area contributed by atoms with E-state index >= 15 is 0 Å². The zero-order valence-electron chi connectivity index (χ0n) is 5.03. The van der Waals surface area contributed by atoms with Crippen molar-refractivity contribution in [3.63, 3.8) is 0 Å². The summed E-state index contributed by atoms with van der Waals surface area (Å²) in [4.78, 5) is 4.99. The van der Waals surface area contributed by atoms with Crippen LogP contribution in [-0.4, -0.2) is 11.2 Å². The first-order valence-electron chi connectivity index (χ1n) is 2.52. The van der Waals surface area contributed by atoms with Crippen molar-refractivity contribution in [3.8, 4) is 0 Å². The molecule has 0 aliphatic carbocycles. The van der Waals surface area contributed by atoms with Crippen molar-refractivity contribution >= 4 is 24.4 Å². The highest BCUT2D eigenvalue weighted by molar-refractivity contribution is 7.98. The fourth-order valence-corrected chi connectivity index (χ4v) is 0.988. The van der Waals surface area contributed by atoms with E-state index in [0.717, 1.165) is 9.92 Å². The van der Waals surface area contributed by atoms with Gasteiger partial charge >= 0.3 is 0 Å². The van der Waals surface area contributed by atoms with Crippen molar-refractivity contribution < 1.29 is 0 Å². The van der Waals surface area contributed by atoms with Gasteiger partial charge in [0.25, 0.3) is 0 Å². The average molecular weight is 157 g/mol. The molecule has 3 heteroatoms. The molecular formula is C6H7NS2. The maximum Gasteiger partial charge on any atom is 0.0957 e. The first-order valence-corrected chi connectivity index (χ1v) is 4.19. The maximum atomic E-state index is 4.10. The van der Waals surface area contributed by atoms with Gasteiger partial charge in [-0.3, -0.25) is 0 Å². The monoisotopic (exact) mass is 157 g/mol. The summed E-state index contributed by atoms with van der Waals surface area (Å²) in [6, 6.07) is 3.88. The van der Waals surface area contributed by atoms with Crippen molar-refractivity contribution in [2.45, 2.75) is 9.92 Å². The smallest absolute Gasteiger partial charge is 0.0957 e. The minimum Gasteiger partial charge on any atom is -0.249 e. The Balaban J connectivity index is 2.88. The molecule has 1 heterocycles. The molecule has 0 amide bonds. The van der Waals surface area contributed by atoms with Gasteiger partial charge < -0.3 is 0 Å². The summed E-state index contributed by atoms with van der Waals surface area (Å²) in [7, 11) is 0. The van der Waals surface area contributed by atoms with E-state index < -0.39 is 0 Å². The number of pyridine rings is 1. The summed E-state index contributed by atoms with van der Waals surface area (Å²) in [5, 5.41) is 1.04. The lowest BCUT2D eigenvalue weighted by Gasteiger charge is -1.92. The van der Waals surface area contributed by atoms with Gasteiger partial charge in [-0.15, -0.1) is 24.4 Å². The van der Waals surface area contributed by atoms with Crippen molar-refractivity contribution in [1.29, 1.82) is 0 Å². The third kappa shape index (κ3) is 1.91. The summed E-state index contributed by atoms with van der Waals surface area (Å²) in [5.41, 5.74) is 0. The summed E-state index contributed by atoms with van der Waals surface area (Å²) in [6.45, 7) is 0. The number of rotatable bonds is 1. The molecule has 0 aliphatic heterocycles. The van der Waals surface area contributed by atoms with Gasteiger partial charge in [0, 0.05) is 11.1 Å². The maximum absolute atomic E-state index is 4.10. The molecule has 0 atom stereocenters. The molecule has 48 valence electrons. The minimum absolute atomic E-state index is 0.910. The van der Waals surface area contributed by atoms with E-state index in [1.807, 2.05) is 18.4 Å². The summed E-state index contributed by atoms with van der Waals surface area (Å²) >= 11 is 5.73. The fraction of sp³-hybridized carbons (Fsp3) is 0.167. The van der Waals surface area contributed by atoms with Crippen molar-refractivity contribution in [2.24, 2.45) is 0 Å². The fourth-order valence-electron chi connectivity index (χ4n) is 0.493. The number of thiol groups is 1. The van der Waals surface area contributed by atoms with Crippen LogP contribution in [0.3, 0.4) is 0 Å². The Morgan fingerprint density at radius 3 is 2.78 bits per heavy atom. The van der Waals surface area contributed by atoms with E-state index in [4.69, 9.17) is 0 Å². The number of nitrogens with zero attached hydrogens (tertiary/aromatic N) is 1. The third-order valence-corrected chi connectivity index (χ3v) is 1.85. The van der Waals surface area contributed by atoms with Gasteiger partial charge in [0.1, 0.15) is 0 Å². The molecule has 0 spiro atoms. The topological polar surface area (TPSA) is 12.9 Å². The van der Waals surface area contributed by atoms with E-state index in [-0.39, 0.29) is 0 Å². The van der Waals surface area contributed by atoms with E-state index in [9.17, 15) is 0 Å². The van der Waals surface area contributed by atoms with Gasteiger partial charge in [0.2, 0.25) is 0 Å². The Morgan fingerprint density at radius 2 is 2.33 bits per heavy atom. The first-order chi connectivity index (χ1) is 4.33. The van der Waals surface area contributed by atoms with Crippen LogP contribution in [0.1, 0.15) is 0 Å². The molecule has 0 unspecified atom stereocenters. The predicted molar refractivity (Wildman–Crippen MR) is 43.3 cm³/mol. The Hall–Kier alpha value is -0.150. The summed E-state index contributed by atoms with van der Waals surface area (Å²) < 4.78 is 0. The molecule has 0 saturated heterocycles. The second kappa shape index (κ2) is 3.13. The normalized spacial score (nSPS) is 9.56. The lowest BCUT2D eigenvalue weighted by atomic mass is 10.5. The second-order valence-corrected chi connectivity index (χ2v) is 2.90. The van der Waals surface area contributed by atoms with Crippen LogP contribution in [0.25, 0.3) is 0 Å². The van der Waals surface area contributed by atoms with Crippen LogP contribution in [0, 0.1) is 0 Å². The largest absolute Gasteiger partial charge is 0.249 e. The standard InChI is InChI=1S/C6H7NS2/c1-9-6-3-2-5(8)4-7-6/h2-4,8H,1H3. The molecule has 0 aromatic carbocycles. The van der Waals surface area contributed by atoms with Crippen LogP contribution >= 0.6 is 24.4 Å². The molecule has 0 bridgehead atoms.